The second kappa shape index (κ2) is 4.96. The molecule has 1 fully saturated rings. The molecule has 3 rings (SSSR count). The molecule has 17 heavy (non-hydrogen) atoms. The molecule has 1 aromatic carbocycles. The molecule has 2 aromatic rings. The Morgan fingerprint density at radius 2 is 2.35 bits per heavy atom. The number of benzene rings is 1. The Hall–Kier alpha value is -1.22. The fourth-order valence-electron chi connectivity index (χ4n) is 2.28. The molecule has 1 aliphatic rings. The Balaban J connectivity index is 1.79. The van der Waals surface area contributed by atoms with Gasteiger partial charge in [-0.1, -0.05) is 12.1 Å². The Morgan fingerprint density at radius 3 is 3.24 bits per heavy atom. The molecule has 3 heteroatoms. The number of pyridine rings is 1. The number of fused-ring (bicyclic) bond motifs is 1. The van der Waals surface area contributed by atoms with E-state index in [0.29, 0.717) is 0 Å². The summed E-state index contributed by atoms with van der Waals surface area (Å²) in [6.45, 7) is 1.09. The smallest absolute Gasteiger partial charge is 0.0421 e. The maximum absolute atomic E-state index is 4.16. The number of hydrogen-bond donors (Lipinski definition) is 1. The molecule has 88 valence electrons. The Morgan fingerprint density at radius 1 is 1.35 bits per heavy atom. The van der Waals surface area contributed by atoms with Crippen LogP contribution in [0, 0.1) is 5.92 Å². The van der Waals surface area contributed by atoms with Crippen LogP contribution in [0.4, 0.5) is 5.69 Å². The van der Waals surface area contributed by atoms with Crippen LogP contribution in [0.15, 0.2) is 36.7 Å². The average molecular weight is 244 g/mol. The standard InChI is InChI=1S/C14H16N2S/c1-2-12-9-15-6-4-13(12)14(3-1)16-8-11-5-7-17-10-11/h1-4,6,9,11,16H,5,7-8,10H2. The van der Waals surface area contributed by atoms with Crippen LogP contribution < -0.4 is 5.32 Å². The van der Waals surface area contributed by atoms with Gasteiger partial charge in [0, 0.05) is 35.4 Å². The molecule has 0 saturated carbocycles. The highest BCUT2D eigenvalue weighted by molar-refractivity contribution is 7.99. The zero-order valence-corrected chi connectivity index (χ0v) is 10.5. The van der Waals surface area contributed by atoms with Crippen LogP contribution in [0.5, 0.6) is 0 Å². The number of nitrogens with one attached hydrogen (secondary N) is 1. The number of nitrogens with zero attached hydrogens (tertiary/aromatic N) is 1. The Kier molecular flexibility index (Phi) is 3.18. The topological polar surface area (TPSA) is 24.9 Å². The minimum Gasteiger partial charge on any atom is -0.384 e. The van der Waals surface area contributed by atoms with Gasteiger partial charge in [-0.15, -0.1) is 0 Å². The van der Waals surface area contributed by atoms with Gasteiger partial charge in [-0.25, -0.2) is 0 Å². The Bertz CT molecular complexity index is 501. The van der Waals surface area contributed by atoms with E-state index in [1.165, 1.54) is 34.4 Å². The van der Waals surface area contributed by atoms with Crippen molar-refractivity contribution < 1.29 is 0 Å². The van der Waals surface area contributed by atoms with Crippen LogP contribution in [0.25, 0.3) is 10.8 Å². The van der Waals surface area contributed by atoms with Crippen molar-refractivity contribution in [3.8, 4) is 0 Å². The SMILES string of the molecule is c1cc(NCC2CCSC2)c2ccncc2c1. The van der Waals surface area contributed by atoms with Gasteiger partial charge in [0.1, 0.15) is 0 Å². The summed E-state index contributed by atoms with van der Waals surface area (Å²) < 4.78 is 0. The molecule has 0 amide bonds. The average Bonchev–Trinajstić information content (AvgIpc) is 2.89. The summed E-state index contributed by atoms with van der Waals surface area (Å²) in [4.78, 5) is 4.16. The van der Waals surface area contributed by atoms with Gasteiger partial charge in [-0.2, -0.15) is 11.8 Å². The molecule has 1 saturated heterocycles. The van der Waals surface area contributed by atoms with Crippen molar-refractivity contribution in [1.29, 1.82) is 0 Å². The molecule has 2 nitrogen and oxygen atoms in total. The van der Waals surface area contributed by atoms with Crippen LogP contribution in [0.3, 0.4) is 0 Å². The fraction of sp³-hybridized carbons (Fsp3) is 0.357. The number of thioether (sulfide) groups is 1. The van der Waals surface area contributed by atoms with E-state index >= 15 is 0 Å². The van der Waals surface area contributed by atoms with Gasteiger partial charge in [-0.05, 0) is 36.0 Å². The highest BCUT2D eigenvalue weighted by Crippen LogP contribution is 2.26. The van der Waals surface area contributed by atoms with Gasteiger partial charge in [0.15, 0.2) is 0 Å². The molecule has 0 spiro atoms. The van der Waals surface area contributed by atoms with Crippen molar-refractivity contribution >= 4 is 28.2 Å². The largest absolute Gasteiger partial charge is 0.384 e. The van der Waals surface area contributed by atoms with Crippen molar-refractivity contribution in [3.05, 3.63) is 36.7 Å². The third kappa shape index (κ3) is 2.39. The summed E-state index contributed by atoms with van der Waals surface area (Å²) in [6, 6.07) is 8.44. The first-order valence-corrected chi connectivity index (χ1v) is 7.23. The number of rotatable bonds is 3. The highest BCUT2D eigenvalue weighted by atomic mass is 32.2. The van der Waals surface area contributed by atoms with E-state index < -0.39 is 0 Å². The van der Waals surface area contributed by atoms with E-state index in [4.69, 9.17) is 0 Å². The summed E-state index contributed by atoms with van der Waals surface area (Å²) >= 11 is 2.07. The fourth-order valence-corrected chi connectivity index (χ4v) is 3.56. The molecular weight excluding hydrogens is 228 g/mol. The van der Waals surface area contributed by atoms with Gasteiger partial charge in [0.25, 0.3) is 0 Å². The van der Waals surface area contributed by atoms with Crippen molar-refractivity contribution in [2.75, 3.05) is 23.4 Å². The molecule has 1 N–H and O–H groups in total. The number of hydrogen-bond acceptors (Lipinski definition) is 3. The summed E-state index contributed by atoms with van der Waals surface area (Å²) in [5.41, 5.74) is 1.24. The maximum atomic E-state index is 4.16. The lowest BCUT2D eigenvalue weighted by Gasteiger charge is -2.13. The lowest BCUT2D eigenvalue weighted by Crippen LogP contribution is -2.13. The zero-order chi connectivity index (χ0) is 11.5. The van der Waals surface area contributed by atoms with Gasteiger partial charge >= 0.3 is 0 Å². The summed E-state index contributed by atoms with van der Waals surface area (Å²) in [6.07, 6.45) is 5.13. The van der Waals surface area contributed by atoms with E-state index in [9.17, 15) is 0 Å². The quantitative estimate of drug-likeness (QED) is 0.895. The number of aromatic nitrogens is 1. The van der Waals surface area contributed by atoms with E-state index in [0.717, 1.165) is 12.5 Å². The van der Waals surface area contributed by atoms with Crippen LogP contribution >= 0.6 is 11.8 Å². The molecule has 1 aliphatic heterocycles. The Labute approximate surface area is 106 Å². The minimum absolute atomic E-state index is 0.831. The zero-order valence-electron chi connectivity index (χ0n) is 9.73. The summed E-state index contributed by atoms with van der Waals surface area (Å²) in [7, 11) is 0. The normalized spacial score (nSPS) is 19.6. The number of anilines is 1. The van der Waals surface area contributed by atoms with Gasteiger partial charge < -0.3 is 5.32 Å². The lowest BCUT2D eigenvalue weighted by atomic mass is 10.1. The molecule has 1 atom stereocenters. The van der Waals surface area contributed by atoms with Crippen LogP contribution in [0.1, 0.15) is 6.42 Å². The van der Waals surface area contributed by atoms with Crippen molar-refractivity contribution in [2.45, 2.75) is 6.42 Å². The predicted octanol–water partition coefficient (Wildman–Crippen LogP) is 3.40. The van der Waals surface area contributed by atoms with Crippen LogP contribution in [-0.4, -0.2) is 23.0 Å². The third-order valence-electron chi connectivity index (χ3n) is 3.29. The minimum atomic E-state index is 0.831. The third-order valence-corrected chi connectivity index (χ3v) is 4.52. The molecular formula is C14H16N2S. The van der Waals surface area contributed by atoms with Gasteiger partial charge in [0.05, 0.1) is 0 Å². The highest BCUT2D eigenvalue weighted by Gasteiger charge is 2.15. The predicted molar refractivity (Wildman–Crippen MR) is 75.7 cm³/mol. The van der Waals surface area contributed by atoms with Crippen molar-refractivity contribution in [3.63, 3.8) is 0 Å². The lowest BCUT2D eigenvalue weighted by molar-refractivity contribution is 0.632. The van der Waals surface area contributed by atoms with Crippen LogP contribution in [0.2, 0.25) is 0 Å². The van der Waals surface area contributed by atoms with Gasteiger partial charge in [0.2, 0.25) is 0 Å². The summed E-state index contributed by atoms with van der Waals surface area (Å²) in [5, 5.41) is 6.07. The van der Waals surface area contributed by atoms with Crippen molar-refractivity contribution in [2.24, 2.45) is 5.92 Å². The van der Waals surface area contributed by atoms with E-state index in [1.807, 2.05) is 12.4 Å². The molecule has 0 radical (unpaired) electrons. The van der Waals surface area contributed by atoms with E-state index in [2.05, 4.69) is 46.3 Å². The molecule has 1 unspecified atom stereocenters. The van der Waals surface area contributed by atoms with Crippen molar-refractivity contribution in [1.82, 2.24) is 4.98 Å². The van der Waals surface area contributed by atoms with Gasteiger partial charge in [-0.3, -0.25) is 4.98 Å². The first kappa shape index (κ1) is 10.9. The van der Waals surface area contributed by atoms with E-state index in [1.54, 1.807) is 0 Å². The summed E-state index contributed by atoms with van der Waals surface area (Å²) in [5.74, 6) is 3.46. The first-order valence-electron chi connectivity index (χ1n) is 6.08. The molecule has 0 aliphatic carbocycles. The molecule has 1 aromatic heterocycles. The second-order valence-corrected chi connectivity index (χ2v) is 5.66. The monoisotopic (exact) mass is 244 g/mol. The first-order chi connectivity index (χ1) is 8.43. The molecule has 0 bridgehead atoms. The van der Waals surface area contributed by atoms with Crippen LogP contribution in [-0.2, 0) is 0 Å². The maximum Gasteiger partial charge on any atom is 0.0421 e. The second-order valence-electron chi connectivity index (χ2n) is 4.51. The molecule has 2 heterocycles. The van der Waals surface area contributed by atoms with E-state index in [-0.39, 0.29) is 0 Å².